The molecule has 4 rings (SSSR count). The number of rotatable bonds is 8. The van der Waals surface area contributed by atoms with E-state index in [1.54, 1.807) is 19.2 Å². The van der Waals surface area contributed by atoms with Gasteiger partial charge in [-0.15, -0.1) is 0 Å². The molecule has 0 fully saturated rings. The average molecular weight is 470 g/mol. The molecule has 0 atom stereocenters. The Balaban J connectivity index is 1.62. The lowest BCUT2D eigenvalue weighted by molar-refractivity contribution is -0.116. The van der Waals surface area contributed by atoms with Gasteiger partial charge in [0.2, 0.25) is 11.9 Å². The molecule has 0 unspecified atom stereocenters. The second-order valence-corrected chi connectivity index (χ2v) is 8.23. The van der Waals surface area contributed by atoms with E-state index in [0.29, 0.717) is 23.9 Å². The topological polar surface area (TPSA) is 99.6 Å². The van der Waals surface area contributed by atoms with Crippen molar-refractivity contribution in [2.24, 2.45) is 0 Å². The first-order valence-electron chi connectivity index (χ1n) is 11.0. The summed E-state index contributed by atoms with van der Waals surface area (Å²) in [6, 6.07) is 23.8. The number of nitrogens with zero attached hydrogens (tertiary/aromatic N) is 3. The highest BCUT2D eigenvalue weighted by Crippen LogP contribution is 2.28. The van der Waals surface area contributed by atoms with Crippen molar-refractivity contribution in [3.05, 3.63) is 78.9 Å². The summed E-state index contributed by atoms with van der Waals surface area (Å²) in [5.41, 5.74) is 4.69. The number of nitrogens with one attached hydrogen (secondary N) is 2. The molecule has 0 aliphatic heterocycles. The van der Waals surface area contributed by atoms with Crippen LogP contribution in [0.2, 0.25) is 0 Å². The van der Waals surface area contributed by atoms with Crippen LogP contribution < -0.4 is 15.4 Å². The Morgan fingerprint density at radius 3 is 1.94 bits per heavy atom. The van der Waals surface area contributed by atoms with E-state index in [2.05, 4.69) is 15.6 Å². The molecule has 4 aromatic rings. The number of carbonyl (C=O) groups excluding carboxylic acids is 1. The number of hydrogen-bond acceptors (Lipinski definition) is 7. The van der Waals surface area contributed by atoms with Gasteiger partial charge in [-0.3, -0.25) is 4.79 Å². The molecular formula is C27H27N5O3. The minimum Gasteiger partial charge on any atom is -0.508 e. The Bertz CT molecular complexity index is 1290. The first-order chi connectivity index (χ1) is 16.9. The average Bonchev–Trinajstić information content (AvgIpc) is 2.85. The number of hydrogen-bond donors (Lipinski definition) is 3. The standard InChI is InChI=1S/C27H27N5O3/c1-32(2)17-26(34)28-20-8-10-21(11-9-20)29-27-30-24(18-4-12-22(33)13-5-18)16-25(31-27)19-6-14-23(35-3)15-7-19/h4-16,33H,17H2,1-3H3,(H,28,34)(H,29,30,31). The second kappa shape index (κ2) is 10.7. The third-order valence-corrected chi connectivity index (χ3v) is 5.16. The lowest BCUT2D eigenvalue weighted by atomic mass is 10.1. The summed E-state index contributed by atoms with van der Waals surface area (Å²) in [5, 5.41) is 15.8. The molecule has 178 valence electrons. The van der Waals surface area contributed by atoms with Crippen molar-refractivity contribution in [2.45, 2.75) is 0 Å². The number of carbonyl (C=O) groups is 1. The van der Waals surface area contributed by atoms with Gasteiger partial charge in [0, 0.05) is 22.5 Å². The first-order valence-corrected chi connectivity index (χ1v) is 11.0. The predicted molar refractivity (Wildman–Crippen MR) is 138 cm³/mol. The number of anilines is 3. The summed E-state index contributed by atoms with van der Waals surface area (Å²) < 4.78 is 5.27. The fraction of sp³-hybridized carbons (Fsp3) is 0.148. The van der Waals surface area contributed by atoms with E-state index in [1.165, 1.54) is 0 Å². The molecule has 3 N–H and O–H groups in total. The summed E-state index contributed by atoms with van der Waals surface area (Å²) in [4.78, 5) is 23.2. The summed E-state index contributed by atoms with van der Waals surface area (Å²) in [5.74, 6) is 1.29. The summed E-state index contributed by atoms with van der Waals surface area (Å²) in [6.45, 7) is 0.312. The number of ether oxygens (including phenoxy) is 1. The largest absolute Gasteiger partial charge is 0.508 e. The van der Waals surface area contributed by atoms with Crippen LogP contribution in [0.15, 0.2) is 78.9 Å². The zero-order valence-corrected chi connectivity index (χ0v) is 19.8. The van der Waals surface area contributed by atoms with E-state index in [-0.39, 0.29) is 11.7 Å². The molecule has 8 heteroatoms. The highest BCUT2D eigenvalue weighted by molar-refractivity contribution is 5.92. The Hall–Kier alpha value is -4.43. The quantitative estimate of drug-likeness (QED) is 0.342. The summed E-state index contributed by atoms with van der Waals surface area (Å²) in [6.07, 6.45) is 0. The summed E-state index contributed by atoms with van der Waals surface area (Å²) >= 11 is 0. The number of phenols is 1. The number of amides is 1. The molecule has 1 amide bonds. The van der Waals surface area contributed by atoms with E-state index in [1.807, 2.05) is 85.7 Å². The molecule has 0 bridgehead atoms. The number of methoxy groups -OCH3 is 1. The minimum absolute atomic E-state index is 0.0789. The van der Waals surface area contributed by atoms with Gasteiger partial charge >= 0.3 is 0 Å². The minimum atomic E-state index is -0.0789. The fourth-order valence-electron chi connectivity index (χ4n) is 3.45. The Morgan fingerprint density at radius 2 is 1.40 bits per heavy atom. The highest BCUT2D eigenvalue weighted by Gasteiger charge is 2.10. The molecule has 8 nitrogen and oxygen atoms in total. The third kappa shape index (κ3) is 6.33. The second-order valence-electron chi connectivity index (χ2n) is 8.23. The van der Waals surface area contributed by atoms with E-state index in [0.717, 1.165) is 28.3 Å². The van der Waals surface area contributed by atoms with Crippen LogP contribution in [0.5, 0.6) is 11.5 Å². The lowest BCUT2D eigenvalue weighted by Crippen LogP contribution is -2.27. The van der Waals surface area contributed by atoms with Crippen LogP contribution in [0, 0.1) is 0 Å². The maximum Gasteiger partial charge on any atom is 0.238 e. The van der Waals surface area contributed by atoms with Gasteiger partial charge in [0.05, 0.1) is 25.0 Å². The van der Waals surface area contributed by atoms with Gasteiger partial charge in [-0.1, -0.05) is 0 Å². The number of phenolic OH excluding ortho intramolecular Hbond substituents is 1. The number of aromatic hydroxyl groups is 1. The number of aromatic nitrogens is 2. The molecular weight excluding hydrogens is 442 g/mol. The van der Waals surface area contributed by atoms with E-state index in [9.17, 15) is 9.90 Å². The molecule has 0 spiro atoms. The molecule has 0 saturated carbocycles. The van der Waals surface area contributed by atoms with Crippen LogP contribution in [0.25, 0.3) is 22.5 Å². The van der Waals surface area contributed by atoms with Crippen molar-refractivity contribution >= 4 is 23.2 Å². The molecule has 35 heavy (non-hydrogen) atoms. The van der Waals surface area contributed by atoms with E-state index < -0.39 is 0 Å². The zero-order valence-electron chi connectivity index (χ0n) is 19.8. The molecule has 0 aliphatic rings. The monoisotopic (exact) mass is 469 g/mol. The molecule has 0 aliphatic carbocycles. The summed E-state index contributed by atoms with van der Waals surface area (Å²) in [7, 11) is 5.32. The SMILES string of the molecule is COc1ccc(-c2cc(-c3ccc(O)cc3)nc(Nc3ccc(NC(=O)CN(C)C)cc3)n2)cc1. The normalized spacial score (nSPS) is 10.7. The Kier molecular flexibility index (Phi) is 7.23. The number of benzene rings is 3. The maximum atomic E-state index is 12.0. The smallest absolute Gasteiger partial charge is 0.238 e. The zero-order chi connectivity index (χ0) is 24.8. The third-order valence-electron chi connectivity index (χ3n) is 5.16. The van der Waals surface area contributed by atoms with Gasteiger partial charge in [0.25, 0.3) is 0 Å². The van der Waals surface area contributed by atoms with E-state index in [4.69, 9.17) is 9.72 Å². The van der Waals surface area contributed by atoms with Crippen LogP contribution in [0.4, 0.5) is 17.3 Å². The van der Waals surface area contributed by atoms with Crippen LogP contribution in [0.1, 0.15) is 0 Å². The van der Waals surface area contributed by atoms with Gasteiger partial charge in [-0.05, 0) is 93.0 Å². The predicted octanol–water partition coefficient (Wildman–Crippen LogP) is 4.77. The maximum absolute atomic E-state index is 12.0. The van der Waals surface area contributed by atoms with Crippen LogP contribution in [-0.4, -0.2) is 53.6 Å². The Morgan fingerprint density at radius 1 is 0.857 bits per heavy atom. The van der Waals surface area contributed by atoms with Crippen molar-refractivity contribution in [2.75, 3.05) is 38.4 Å². The van der Waals surface area contributed by atoms with Gasteiger partial charge < -0.3 is 25.4 Å². The van der Waals surface area contributed by atoms with Gasteiger partial charge in [0.15, 0.2) is 0 Å². The van der Waals surface area contributed by atoms with Crippen molar-refractivity contribution in [1.82, 2.24) is 14.9 Å². The Labute approximate surface area is 204 Å². The molecule has 1 aromatic heterocycles. The van der Waals surface area contributed by atoms with Crippen molar-refractivity contribution in [3.8, 4) is 34.0 Å². The molecule has 0 saturated heterocycles. The fourth-order valence-corrected chi connectivity index (χ4v) is 3.45. The van der Waals surface area contributed by atoms with Gasteiger partial charge in [-0.25, -0.2) is 9.97 Å². The van der Waals surface area contributed by atoms with Crippen molar-refractivity contribution < 1.29 is 14.6 Å². The highest BCUT2D eigenvalue weighted by atomic mass is 16.5. The van der Waals surface area contributed by atoms with Crippen molar-refractivity contribution in [3.63, 3.8) is 0 Å². The molecule has 1 heterocycles. The lowest BCUT2D eigenvalue weighted by Gasteiger charge is -2.12. The van der Waals surface area contributed by atoms with Crippen LogP contribution in [0.3, 0.4) is 0 Å². The van der Waals surface area contributed by atoms with Crippen LogP contribution in [-0.2, 0) is 4.79 Å². The molecule has 0 radical (unpaired) electrons. The van der Waals surface area contributed by atoms with Gasteiger partial charge in [0.1, 0.15) is 11.5 Å². The molecule has 3 aromatic carbocycles. The first kappa shape index (κ1) is 23.7. The number of likely N-dealkylation sites (N-methyl/N-ethyl adjacent to an activating group) is 1. The van der Waals surface area contributed by atoms with E-state index >= 15 is 0 Å². The van der Waals surface area contributed by atoms with Crippen LogP contribution >= 0.6 is 0 Å². The van der Waals surface area contributed by atoms with Crippen molar-refractivity contribution in [1.29, 1.82) is 0 Å². The van der Waals surface area contributed by atoms with Gasteiger partial charge in [-0.2, -0.15) is 0 Å².